The molecule has 3 rings (SSSR count). The first-order valence-electron chi connectivity index (χ1n) is 6.36. The predicted octanol–water partition coefficient (Wildman–Crippen LogP) is 3.48. The van der Waals surface area contributed by atoms with Crippen molar-refractivity contribution in [3.05, 3.63) is 71.8 Å². The van der Waals surface area contributed by atoms with Gasteiger partial charge in [0, 0.05) is 23.6 Å². The lowest BCUT2D eigenvalue weighted by Gasteiger charge is -2.24. The Bertz CT molecular complexity index is 437. The zero-order chi connectivity index (χ0) is 12.2. The number of rotatable bonds is 3. The molecule has 2 aromatic carbocycles. The molecular formula is C16H17NS. The van der Waals surface area contributed by atoms with E-state index in [1.54, 1.807) is 0 Å². The molecule has 1 saturated heterocycles. The SMILES string of the molecule is c1ccc(C(c2ccccc2)C2CSCN2)cc1. The zero-order valence-electron chi connectivity index (χ0n) is 10.3. The van der Waals surface area contributed by atoms with Crippen molar-refractivity contribution in [2.45, 2.75) is 12.0 Å². The monoisotopic (exact) mass is 255 g/mol. The fraction of sp³-hybridized carbons (Fsp3) is 0.250. The lowest BCUT2D eigenvalue weighted by molar-refractivity contribution is 0.565. The quantitative estimate of drug-likeness (QED) is 0.901. The van der Waals surface area contributed by atoms with Gasteiger partial charge in [-0.25, -0.2) is 0 Å². The lowest BCUT2D eigenvalue weighted by atomic mass is 9.86. The molecule has 0 aromatic heterocycles. The Hall–Kier alpha value is -1.25. The summed E-state index contributed by atoms with van der Waals surface area (Å²) >= 11 is 1.99. The van der Waals surface area contributed by atoms with Gasteiger partial charge in [-0.15, -0.1) is 11.8 Å². The maximum absolute atomic E-state index is 3.62. The fourth-order valence-electron chi connectivity index (χ4n) is 2.60. The summed E-state index contributed by atoms with van der Waals surface area (Å²) in [4.78, 5) is 0. The molecule has 2 heteroatoms. The maximum Gasteiger partial charge on any atom is 0.0421 e. The second kappa shape index (κ2) is 5.59. The second-order valence-corrected chi connectivity index (χ2v) is 5.66. The van der Waals surface area contributed by atoms with E-state index < -0.39 is 0 Å². The predicted molar refractivity (Wildman–Crippen MR) is 79.0 cm³/mol. The van der Waals surface area contributed by atoms with Crippen LogP contribution >= 0.6 is 11.8 Å². The van der Waals surface area contributed by atoms with Gasteiger partial charge in [0.1, 0.15) is 0 Å². The fourth-order valence-corrected chi connectivity index (χ4v) is 3.62. The van der Waals surface area contributed by atoms with Crippen molar-refractivity contribution in [3.8, 4) is 0 Å². The van der Waals surface area contributed by atoms with E-state index in [0.29, 0.717) is 12.0 Å². The Labute approximate surface area is 113 Å². The van der Waals surface area contributed by atoms with E-state index in [1.807, 2.05) is 11.8 Å². The Morgan fingerprint density at radius 3 is 1.89 bits per heavy atom. The van der Waals surface area contributed by atoms with E-state index >= 15 is 0 Å². The van der Waals surface area contributed by atoms with Gasteiger partial charge in [-0.1, -0.05) is 60.7 Å². The number of hydrogen-bond donors (Lipinski definition) is 1. The summed E-state index contributed by atoms with van der Waals surface area (Å²) in [5.74, 6) is 2.72. The topological polar surface area (TPSA) is 12.0 Å². The van der Waals surface area contributed by atoms with Gasteiger partial charge < -0.3 is 5.32 Å². The van der Waals surface area contributed by atoms with Crippen molar-refractivity contribution < 1.29 is 0 Å². The van der Waals surface area contributed by atoms with Crippen LogP contribution in [0.4, 0.5) is 0 Å². The first-order valence-corrected chi connectivity index (χ1v) is 7.51. The van der Waals surface area contributed by atoms with Gasteiger partial charge in [0.05, 0.1) is 0 Å². The zero-order valence-corrected chi connectivity index (χ0v) is 11.1. The highest BCUT2D eigenvalue weighted by Gasteiger charge is 2.27. The first kappa shape index (κ1) is 11.8. The van der Waals surface area contributed by atoms with E-state index in [4.69, 9.17) is 0 Å². The second-order valence-electron chi connectivity index (χ2n) is 4.62. The van der Waals surface area contributed by atoms with Crippen LogP contribution < -0.4 is 5.32 Å². The molecule has 1 heterocycles. The number of benzene rings is 2. The molecule has 0 saturated carbocycles. The minimum Gasteiger partial charge on any atom is -0.303 e. The molecule has 0 radical (unpaired) electrons. The summed E-state index contributed by atoms with van der Waals surface area (Å²) in [7, 11) is 0. The summed E-state index contributed by atoms with van der Waals surface area (Å²) < 4.78 is 0. The first-order chi connectivity index (χ1) is 8.95. The normalized spacial score (nSPS) is 19.3. The van der Waals surface area contributed by atoms with Crippen LogP contribution in [0.15, 0.2) is 60.7 Å². The van der Waals surface area contributed by atoms with Gasteiger partial charge in [0.2, 0.25) is 0 Å². The van der Waals surface area contributed by atoms with Crippen LogP contribution in [-0.2, 0) is 0 Å². The van der Waals surface area contributed by atoms with E-state index in [9.17, 15) is 0 Å². The number of hydrogen-bond acceptors (Lipinski definition) is 2. The highest BCUT2D eigenvalue weighted by atomic mass is 32.2. The molecule has 1 aliphatic rings. The third kappa shape index (κ3) is 2.45. The summed E-state index contributed by atoms with van der Waals surface area (Å²) in [6.07, 6.45) is 0. The van der Waals surface area contributed by atoms with Crippen LogP contribution in [0.25, 0.3) is 0 Å². The van der Waals surface area contributed by atoms with Gasteiger partial charge in [-0.05, 0) is 11.1 Å². The lowest BCUT2D eigenvalue weighted by Crippen LogP contribution is -2.31. The van der Waals surface area contributed by atoms with Gasteiger partial charge in [0.15, 0.2) is 0 Å². The highest BCUT2D eigenvalue weighted by molar-refractivity contribution is 7.99. The van der Waals surface area contributed by atoms with Crippen LogP contribution in [0.5, 0.6) is 0 Å². The van der Waals surface area contributed by atoms with Crippen molar-refractivity contribution in [1.29, 1.82) is 0 Å². The van der Waals surface area contributed by atoms with E-state index in [1.165, 1.54) is 16.9 Å². The van der Waals surface area contributed by atoms with Gasteiger partial charge >= 0.3 is 0 Å². The molecule has 1 N–H and O–H groups in total. The molecule has 0 aliphatic carbocycles. The van der Waals surface area contributed by atoms with Crippen LogP contribution in [0.1, 0.15) is 17.0 Å². The smallest absolute Gasteiger partial charge is 0.0421 e. The van der Waals surface area contributed by atoms with Crippen molar-refractivity contribution in [2.75, 3.05) is 11.6 Å². The van der Waals surface area contributed by atoms with Crippen molar-refractivity contribution in [3.63, 3.8) is 0 Å². The van der Waals surface area contributed by atoms with Gasteiger partial charge in [0.25, 0.3) is 0 Å². The van der Waals surface area contributed by atoms with Crippen LogP contribution in [0.2, 0.25) is 0 Å². The van der Waals surface area contributed by atoms with Crippen LogP contribution in [0.3, 0.4) is 0 Å². The van der Waals surface area contributed by atoms with Crippen molar-refractivity contribution >= 4 is 11.8 Å². The number of thioether (sulfide) groups is 1. The summed E-state index contributed by atoms with van der Waals surface area (Å²) in [6.45, 7) is 0. The third-order valence-electron chi connectivity index (χ3n) is 3.46. The Morgan fingerprint density at radius 2 is 1.44 bits per heavy atom. The van der Waals surface area contributed by atoms with Gasteiger partial charge in [-0.3, -0.25) is 0 Å². The van der Waals surface area contributed by atoms with Crippen LogP contribution in [0, 0.1) is 0 Å². The molecule has 1 atom stereocenters. The van der Waals surface area contributed by atoms with Crippen molar-refractivity contribution in [1.82, 2.24) is 5.32 Å². The Morgan fingerprint density at radius 1 is 0.889 bits per heavy atom. The van der Waals surface area contributed by atoms with Crippen LogP contribution in [-0.4, -0.2) is 17.7 Å². The van der Waals surface area contributed by atoms with Gasteiger partial charge in [-0.2, -0.15) is 0 Å². The molecule has 1 fully saturated rings. The molecular weight excluding hydrogens is 238 g/mol. The minimum atomic E-state index is 0.461. The standard InChI is InChI=1S/C16H17NS/c1-3-7-13(8-4-1)16(15-11-18-12-17-15)14-9-5-2-6-10-14/h1-10,15-17H,11-12H2. The molecule has 1 nitrogen and oxygen atoms in total. The number of nitrogens with one attached hydrogen (secondary N) is 1. The molecule has 2 aromatic rings. The summed E-state index contributed by atoms with van der Waals surface area (Å²) in [6, 6.07) is 22.2. The third-order valence-corrected chi connectivity index (χ3v) is 4.43. The molecule has 0 spiro atoms. The summed E-state index contributed by atoms with van der Waals surface area (Å²) in [5, 5.41) is 3.62. The molecule has 1 aliphatic heterocycles. The molecule has 92 valence electrons. The average Bonchev–Trinajstić information content (AvgIpc) is 2.95. The van der Waals surface area contributed by atoms with Crippen molar-refractivity contribution in [2.24, 2.45) is 0 Å². The van der Waals surface area contributed by atoms with E-state index in [-0.39, 0.29) is 0 Å². The average molecular weight is 255 g/mol. The Balaban J connectivity index is 1.98. The molecule has 1 unspecified atom stereocenters. The Kier molecular flexibility index (Phi) is 3.67. The molecule has 18 heavy (non-hydrogen) atoms. The van der Waals surface area contributed by atoms with E-state index in [2.05, 4.69) is 66.0 Å². The van der Waals surface area contributed by atoms with E-state index in [0.717, 1.165) is 5.88 Å². The maximum atomic E-state index is 3.62. The highest BCUT2D eigenvalue weighted by Crippen LogP contribution is 2.31. The minimum absolute atomic E-state index is 0.461. The summed E-state index contributed by atoms with van der Waals surface area (Å²) in [5.41, 5.74) is 2.81. The largest absolute Gasteiger partial charge is 0.303 e. The molecule has 0 bridgehead atoms. The molecule has 0 amide bonds.